The van der Waals surface area contributed by atoms with Gasteiger partial charge in [0.05, 0.1) is 22.1 Å². The first kappa shape index (κ1) is 25.5. The van der Waals surface area contributed by atoms with Gasteiger partial charge in [-0.05, 0) is 62.4 Å². The third-order valence-electron chi connectivity index (χ3n) is 5.87. The smallest absolute Gasteiger partial charge is 0.278 e. The van der Waals surface area contributed by atoms with Crippen molar-refractivity contribution in [2.24, 2.45) is 5.92 Å². The Bertz CT molecular complexity index is 1300. The molecule has 35 heavy (non-hydrogen) atoms. The molecule has 2 unspecified atom stereocenters. The molecular formula is C23H25ClFN5O3S2. The minimum atomic E-state index is -1.68. The molecule has 0 spiro atoms. The molecule has 4 N–H and O–H groups in total. The second-order valence-electron chi connectivity index (χ2n) is 8.44. The van der Waals surface area contributed by atoms with Crippen molar-refractivity contribution in [3.05, 3.63) is 73.4 Å². The Morgan fingerprint density at radius 3 is 2.97 bits per heavy atom. The Hall–Kier alpha value is -2.60. The maximum absolute atomic E-state index is 13.2. The summed E-state index contributed by atoms with van der Waals surface area (Å²) < 4.78 is 29.8. The molecule has 1 amide bonds. The number of amides is 1. The summed E-state index contributed by atoms with van der Waals surface area (Å²) in [5.74, 6) is -0.487. The molecule has 0 saturated heterocycles. The van der Waals surface area contributed by atoms with Crippen LogP contribution in [0.5, 0.6) is 0 Å². The van der Waals surface area contributed by atoms with Crippen LogP contribution in [0.1, 0.15) is 28.2 Å². The van der Waals surface area contributed by atoms with Gasteiger partial charge in [-0.15, -0.1) is 11.3 Å². The van der Waals surface area contributed by atoms with Crippen molar-refractivity contribution in [3.8, 4) is 0 Å². The van der Waals surface area contributed by atoms with E-state index in [1.807, 2.05) is 0 Å². The van der Waals surface area contributed by atoms with Crippen molar-refractivity contribution >= 4 is 51.0 Å². The highest BCUT2D eigenvalue weighted by Gasteiger charge is 2.23. The molecule has 2 atom stereocenters. The number of nitrogen functional groups attached to an aromatic ring is 1. The lowest BCUT2D eigenvalue weighted by Crippen LogP contribution is -2.37. The van der Waals surface area contributed by atoms with E-state index >= 15 is 0 Å². The summed E-state index contributed by atoms with van der Waals surface area (Å²) in [6.07, 6.45) is 2.58. The van der Waals surface area contributed by atoms with Gasteiger partial charge in [-0.3, -0.25) is 9.59 Å². The highest BCUT2D eigenvalue weighted by molar-refractivity contribution is 7.91. The Balaban J connectivity index is 1.35. The number of nitrogens with two attached hydrogens (primary N) is 1. The number of nitrogens with zero attached hydrogens (tertiary/aromatic N) is 2. The van der Waals surface area contributed by atoms with Crippen LogP contribution in [0, 0.1) is 18.7 Å². The number of benzene rings is 1. The minimum Gasteiger partial charge on any atom is -0.593 e. The zero-order valence-electron chi connectivity index (χ0n) is 19.0. The number of fused-ring (bicyclic) bond motifs is 1. The van der Waals surface area contributed by atoms with E-state index in [0.717, 1.165) is 31.0 Å². The number of anilines is 2. The molecule has 1 aromatic carbocycles. The summed E-state index contributed by atoms with van der Waals surface area (Å²) in [5.41, 5.74) is 7.58. The molecule has 8 nitrogen and oxygen atoms in total. The molecule has 186 valence electrons. The molecule has 0 bridgehead atoms. The third-order valence-corrected chi connectivity index (χ3v) is 8.19. The van der Waals surface area contributed by atoms with E-state index in [4.69, 9.17) is 17.3 Å². The molecule has 0 fully saturated rings. The molecule has 1 aliphatic rings. The minimum absolute atomic E-state index is 0.0125. The number of hydrogen-bond donors (Lipinski definition) is 3. The van der Waals surface area contributed by atoms with Gasteiger partial charge in [0.1, 0.15) is 18.0 Å². The first-order valence-corrected chi connectivity index (χ1v) is 13.5. The summed E-state index contributed by atoms with van der Waals surface area (Å²) in [4.78, 5) is 31.1. The predicted octanol–water partition coefficient (Wildman–Crippen LogP) is 3.19. The zero-order valence-corrected chi connectivity index (χ0v) is 21.4. The van der Waals surface area contributed by atoms with E-state index in [2.05, 4.69) is 15.0 Å². The maximum Gasteiger partial charge on any atom is 0.278 e. The van der Waals surface area contributed by atoms with E-state index in [0.29, 0.717) is 22.9 Å². The van der Waals surface area contributed by atoms with Crippen molar-refractivity contribution in [1.29, 1.82) is 0 Å². The van der Waals surface area contributed by atoms with Crippen molar-refractivity contribution in [1.82, 2.24) is 14.9 Å². The lowest BCUT2D eigenvalue weighted by atomic mass is 9.91. The van der Waals surface area contributed by atoms with E-state index in [1.165, 1.54) is 39.0 Å². The van der Waals surface area contributed by atoms with Crippen LogP contribution in [0.25, 0.3) is 0 Å². The fourth-order valence-electron chi connectivity index (χ4n) is 3.98. The Labute approximate surface area is 214 Å². The summed E-state index contributed by atoms with van der Waals surface area (Å²) >= 11 is 5.81. The lowest BCUT2D eigenvalue weighted by molar-refractivity contribution is -0.121. The van der Waals surface area contributed by atoms with Crippen LogP contribution in [0.4, 0.5) is 15.2 Å². The highest BCUT2D eigenvalue weighted by Crippen LogP contribution is 2.30. The van der Waals surface area contributed by atoms with Gasteiger partial charge in [0.25, 0.3) is 5.56 Å². The number of halogens is 2. The number of carbonyl (C=O) groups excluding carboxylic acids is 1. The number of thiazole rings is 1. The average Bonchev–Trinajstić information content (AvgIpc) is 3.18. The predicted molar refractivity (Wildman–Crippen MR) is 137 cm³/mol. The van der Waals surface area contributed by atoms with Gasteiger partial charge in [-0.2, -0.15) is 0 Å². The molecule has 1 aliphatic carbocycles. The number of pyridine rings is 1. The molecular weight excluding hydrogens is 513 g/mol. The van der Waals surface area contributed by atoms with Gasteiger partial charge < -0.3 is 20.2 Å². The Kier molecular flexibility index (Phi) is 8.00. The summed E-state index contributed by atoms with van der Waals surface area (Å²) in [6.45, 7) is 2.08. The number of rotatable bonds is 8. The van der Waals surface area contributed by atoms with Crippen LogP contribution >= 0.6 is 22.9 Å². The zero-order chi connectivity index (χ0) is 25.1. The number of aryl methyl sites for hydroxylation is 2. The first-order chi connectivity index (χ1) is 16.7. The van der Waals surface area contributed by atoms with Gasteiger partial charge in [-0.1, -0.05) is 11.6 Å². The average molecular weight is 538 g/mol. The monoisotopic (exact) mass is 537 g/mol. The number of aromatic nitrogens is 2. The quantitative estimate of drug-likeness (QED) is 0.379. The van der Waals surface area contributed by atoms with Crippen LogP contribution in [0.3, 0.4) is 0 Å². The molecule has 0 aliphatic heterocycles. The molecule has 0 radical (unpaired) electrons. The van der Waals surface area contributed by atoms with E-state index < -0.39 is 22.7 Å². The topological polar surface area (TPSA) is 125 Å². The number of nitrogens with one attached hydrogen (secondary N) is 2. The molecule has 3 aromatic rings. The first-order valence-electron chi connectivity index (χ1n) is 11.0. The van der Waals surface area contributed by atoms with Crippen molar-refractivity contribution in [2.75, 3.05) is 17.0 Å². The molecule has 12 heteroatoms. The second-order valence-corrected chi connectivity index (χ2v) is 11.1. The van der Waals surface area contributed by atoms with E-state index in [9.17, 15) is 18.5 Å². The highest BCUT2D eigenvalue weighted by atomic mass is 35.5. The SMILES string of the molecule is Cc1ccc(N[S+]([O-])Cc2ccc(F)cc2Cl)c(=O)n1CC(=O)NCC1CCc2nc(N)sc2C1. The van der Waals surface area contributed by atoms with E-state index in [1.54, 1.807) is 13.0 Å². The van der Waals surface area contributed by atoms with Gasteiger partial charge in [0.15, 0.2) is 10.9 Å². The third kappa shape index (κ3) is 6.35. The van der Waals surface area contributed by atoms with Crippen LogP contribution in [-0.2, 0) is 41.3 Å². The van der Waals surface area contributed by atoms with Gasteiger partial charge in [0.2, 0.25) is 5.91 Å². The van der Waals surface area contributed by atoms with Crippen LogP contribution < -0.4 is 21.3 Å². The largest absolute Gasteiger partial charge is 0.593 e. The van der Waals surface area contributed by atoms with Crippen molar-refractivity contribution in [2.45, 2.75) is 38.5 Å². The van der Waals surface area contributed by atoms with Crippen molar-refractivity contribution < 1.29 is 13.7 Å². The second kappa shape index (κ2) is 11.0. The summed E-state index contributed by atoms with van der Waals surface area (Å²) in [7, 11) is 0. The summed E-state index contributed by atoms with van der Waals surface area (Å²) in [5, 5.41) is 3.66. The van der Waals surface area contributed by atoms with Crippen LogP contribution in [0.2, 0.25) is 5.02 Å². The van der Waals surface area contributed by atoms with Gasteiger partial charge >= 0.3 is 0 Å². The molecule has 2 aromatic heterocycles. The fourth-order valence-corrected chi connectivity index (χ4v) is 6.29. The maximum atomic E-state index is 13.2. The van der Waals surface area contributed by atoms with E-state index in [-0.39, 0.29) is 34.8 Å². The summed E-state index contributed by atoms with van der Waals surface area (Å²) in [6, 6.07) is 7.03. The molecule has 0 saturated carbocycles. The van der Waals surface area contributed by atoms with Gasteiger partial charge in [-0.25, -0.2) is 14.1 Å². The number of hydrogen-bond acceptors (Lipinski definition) is 7. The van der Waals surface area contributed by atoms with Gasteiger partial charge in [0, 0.05) is 22.7 Å². The van der Waals surface area contributed by atoms with Crippen molar-refractivity contribution in [3.63, 3.8) is 0 Å². The number of carbonyl (C=O) groups is 1. The standard InChI is InChI=1S/C23H25ClFN5O3S2/c1-13-2-6-19(29-35(33)12-15-4-5-16(25)9-17(15)24)22(32)30(13)11-21(31)27-10-14-3-7-18-20(8-14)34-23(26)28-18/h2,4-6,9,14,29H,3,7-8,10-12H2,1H3,(H2,26,28)(H,27,31). The molecule has 4 rings (SSSR count). The lowest BCUT2D eigenvalue weighted by Gasteiger charge is -2.21. The van der Waals surface area contributed by atoms with Crippen LogP contribution in [0.15, 0.2) is 35.1 Å². The normalized spacial score (nSPS) is 15.9. The van der Waals surface area contributed by atoms with Crippen LogP contribution in [-0.4, -0.2) is 26.6 Å². The Morgan fingerprint density at radius 1 is 1.40 bits per heavy atom. The Morgan fingerprint density at radius 2 is 2.20 bits per heavy atom. The molecule has 2 heterocycles. The fraction of sp³-hybridized carbons (Fsp3) is 0.348.